The fourth-order valence-electron chi connectivity index (χ4n) is 3.59. The average molecular weight is 452 g/mol. The monoisotopic (exact) mass is 451 g/mol. The summed E-state index contributed by atoms with van der Waals surface area (Å²) in [6, 6.07) is 16.3. The molecule has 1 amide bonds. The molecule has 1 N–H and O–H groups in total. The zero-order valence-corrected chi connectivity index (χ0v) is 19.6. The van der Waals surface area contributed by atoms with E-state index in [0.717, 1.165) is 46.6 Å². The van der Waals surface area contributed by atoms with E-state index in [1.807, 2.05) is 57.2 Å². The third kappa shape index (κ3) is 5.31. The van der Waals surface area contributed by atoms with Gasteiger partial charge in [0.15, 0.2) is 5.16 Å². The van der Waals surface area contributed by atoms with E-state index < -0.39 is 0 Å². The third-order valence-corrected chi connectivity index (χ3v) is 6.56. The molecule has 1 aliphatic rings. The number of ether oxygens (including phenoxy) is 1. The quantitative estimate of drug-likeness (QED) is 0.550. The van der Waals surface area contributed by atoms with Crippen molar-refractivity contribution in [2.45, 2.75) is 37.7 Å². The predicted octanol–water partition coefficient (Wildman–Crippen LogP) is 3.90. The number of benzene rings is 2. The number of amides is 1. The summed E-state index contributed by atoms with van der Waals surface area (Å²) in [5, 5.41) is 12.4. The Kier molecular flexibility index (Phi) is 7.12. The molecule has 1 aromatic heterocycles. The van der Waals surface area contributed by atoms with Crippen LogP contribution < -0.4 is 10.2 Å². The third-order valence-electron chi connectivity index (χ3n) is 5.48. The smallest absolute Gasteiger partial charge is 0.237 e. The molecule has 0 saturated carbocycles. The van der Waals surface area contributed by atoms with E-state index in [-0.39, 0.29) is 11.2 Å². The maximum Gasteiger partial charge on any atom is 0.237 e. The van der Waals surface area contributed by atoms with Crippen molar-refractivity contribution in [2.24, 2.45) is 0 Å². The van der Waals surface area contributed by atoms with E-state index in [2.05, 4.69) is 37.1 Å². The molecule has 2 aromatic carbocycles. The number of carbonyl (C=O) groups excluding carboxylic acids is 1. The zero-order valence-electron chi connectivity index (χ0n) is 18.7. The number of nitrogens with one attached hydrogen (secondary N) is 1. The Labute approximate surface area is 193 Å². The topological polar surface area (TPSA) is 72.3 Å². The van der Waals surface area contributed by atoms with Crippen LogP contribution in [0.2, 0.25) is 0 Å². The number of carbonyl (C=O) groups is 1. The summed E-state index contributed by atoms with van der Waals surface area (Å²) in [6.07, 6.45) is 0. The molecular formula is C24H29N5O2S. The van der Waals surface area contributed by atoms with Gasteiger partial charge in [-0.1, -0.05) is 54.2 Å². The van der Waals surface area contributed by atoms with Crippen LogP contribution in [0.25, 0.3) is 0 Å². The van der Waals surface area contributed by atoms with Gasteiger partial charge in [-0.25, -0.2) is 0 Å². The molecule has 8 heteroatoms. The van der Waals surface area contributed by atoms with Gasteiger partial charge in [0, 0.05) is 18.8 Å². The molecule has 2 heterocycles. The highest BCUT2D eigenvalue weighted by Gasteiger charge is 2.24. The van der Waals surface area contributed by atoms with Crippen LogP contribution in [0, 0.1) is 13.8 Å². The largest absolute Gasteiger partial charge is 0.378 e. The van der Waals surface area contributed by atoms with E-state index in [1.165, 1.54) is 11.8 Å². The van der Waals surface area contributed by atoms with Gasteiger partial charge in [0.1, 0.15) is 0 Å². The molecule has 32 heavy (non-hydrogen) atoms. The van der Waals surface area contributed by atoms with Gasteiger partial charge in [-0.05, 0) is 43.5 Å². The van der Waals surface area contributed by atoms with Gasteiger partial charge < -0.3 is 15.0 Å². The van der Waals surface area contributed by atoms with Crippen molar-refractivity contribution in [3.05, 3.63) is 65.2 Å². The molecule has 1 atom stereocenters. The zero-order chi connectivity index (χ0) is 22.5. The van der Waals surface area contributed by atoms with Crippen LogP contribution >= 0.6 is 11.8 Å². The van der Waals surface area contributed by atoms with Crippen molar-refractivity contribution in [1.29, 1.82) is 0 Å². The molecule has 0 unspecified atom stereocenters. The fourth-order valence-corrected chi connectivity index (χ4v) is 4.43. The van der Waals surface area contributed by atoms with Crippen LogP contribution in [0.1, 0.15) is 23.6 Å². The molecule has 168 valence electrons. The van der Waals surface area contributed by atoms with Crippen molar-refractivity contribution in [3.63, 3.8) is 0 Å². The summed E-state index contributed by atoms with van der Waals surface area (Å²) < 4.78 is 7.60. The number of hydrogen-bond acceptors (Lipinski definition) is 6. The summed E-state index contributed by atoms with van der Waals surface area (Å²) in [5.74, 6) is 0.771. The van der Waals surface area contributed by atoms with Crippen molar-refractivity contribution < 1.29 is 9.53 Å². The highest BCUT2D eigenvalue weighted by Crippen LogP contribution is 2.28. The highest BCUT2D eigenvalue weighted by atomic mass is 32.2. The lowest BCUT2D eigenvalue weighted by Crippen LogP contribution is -2.38. The van der Waals surface area contributed by atoms with Crippen molar-refractivity contribution in [1.82, 2.24) is 14.8 Å². The van der Waals surface area contributed by atoms with Gasteiger partial charge >= 0.3 is 0 Å². The van der Waals surface area contributed by atoms with Gasteiger partial charge in [0.05, 0.1) is 25.0 Å². The van der Waals surface area contributed by atoms with Crippen molar-refractivity contribution in [3.8, 4) is 0 Å². The molecule has 0 bridgehead atoms. The minimum Gasteiger partial charge on any atom is -0.378 e. The molecule has 1 saturated heterocycles. The number of aryl methyl sites for hydroxylation is 2. The first-order chi connectivity index (χ1) is 15.5. The summed E-state index contributed by atoms with van der Waals surface area (Å²) in [5.41, 5.74) is 4.17. The number of anilines is 2. The lowest BCUT2D eigenvalue weighted by atomic mass is 10.1. The van der Waals surface area contributed by atoms with Gasteiger partial charge in [-0.15, -0.1) is 10.2 Å². The van der Waals surface area contributed by atoms with Gasteiger partial charge in [-0.2, -0.15) is 0 Å². The van der Waals surface area contributed by atoms with E-state index in [0.29, 0.717) is 19.8 Å². The van der Waals surface area contributed by atoms with Crippen molar-refractivity contribution >= 4 is 29.3 Å². The van der Waals surface area contributed by atoms with Crippen LogP contribution in [-0.4, -0.2) is 52.2 Å². The second-order valence-electron chi connectivity index (χ2n) is 8.02. The lowest BCUT2D eigenvalue weighted by molar-refractivity contribution is -0.115. The molecule has 7 nitrogen and oxygen atoms in total. The van der Waals surface area contributed by atoms with E-state index in [4.69, 9.17) is 4.74 Å². The average Bonchev–Trinajstić information content (AvgIpc) is 3.19. The van der Waals surface area contributed by atoms with Crippen LogP contribution in [-0.2, 0) is 16.1 Å². The first kappa shape index (κ1) is 22.4. The lowest BCUT2D eigenvalue weighted by Gasteiger charge is -2.28. The molecule has 1 fully saturated rings. The first-order valence-corrected chi connectivity index (χ1v) is 11.7. The van der Waals surface area contributed by atoms with Gasteiger partial charge in [0.25, 0.3) is 0 Å². The Morgan fingerprint density at radius 1 is 1.12 bits per heavy atom. The number of aromatic nitrogens is 3. The minimum atomic E-state index is -0.328. The summed E-state index contributed by atoms with van der Waals surface area (Å²) in [6.45, 7) is 9.48. The molecule has 0 aliphatic carbocycles. The molecule has 0 radical (unpaired) electrons. The van der Waals surface area contributed by atoms with Crippen LogP contribution in [0.5, 0.6) is 0 Å². The van der Waals surface area contributed by atoms with Crippen molar-refractivity contribution in [2.75, 3.05) is 36.5 Å². The second-order valence-corrected chi connectivity index (χ2v) is 9.33. The number of nitrogens with zero attached hydrogens (tertiary/aromatic N) is 4. The standard InChI is InChI=1S/C24H29N5O2S/c1-17-9-10-18(2)21(15-17)25-22(30)19(3)32-24-27-26-23(28-11-13-31-14-12-28)29(24)16-20-7-5-4-6-8-20/h4-10,15,19H,11-14,16H2,1-3H3,(H,25,30)/t19-/m0/s1. The molecular weight excluding hydrogens is 422 g/mol. The Morgan fingerprint density at radius 3 is 2.62 bits per heavy atom. The Balaban J connectivity index is 1.54. The Morgan fingerprint density at radius 2 is 1.88 bits per heavy atom. The summed E-state index contributed by atoms with van der Waals surface area (Å²) >= 11 is 1.43. The first-order valence-electron chi connectivity index (χ1n) is 10.9. The number of rotatable bonds is 7. The Hall–Kier alpha value is -2.84. The van der Waals surface area contributed by atoms with Gasteiger partial charge in [0.2, 0.25) is 11.9 Å². The molecule has 0 spiro atoms. The number of thioether (sulfide) groups is 1. The highest BCUT2D eigenvalue weighted by molar-refractivity contribution is 8.00. The van der Waals surface area contributed by atoms with E-state index in [1.54, 1.807) is 0 Å². The van der Waals surface area contributed by atoms with E-state index >= 15 is 0 Å². The fraction of sp³-hybridized carbons (Fsp3) is 0.375. The maximum atomic E-state index is 12.9. The van der Waals surface area contributed by atoms with Gasteiger partial charge in [-0.3, -0.25) is 9.36 Å². The maximum absolute atomic E-state index is 12.9. The number of morpholine rings is 1. The second kappa shape index (κ2) is 10.2. The normalized spacial score (nSPS) is 14.9. The van der Waals surface area contributed by atoms with E-state index in [9.17, 15) is 4.79 Å². The SMILES string of the molecule is Cc1ccc(C)c(NC(=O)[C@H](C)Sc2nnc(N3CCOCC3)n2Cc2ccccc2)c1. The predicted molar refractivity (Wildman–Crippen MR) is 128 cm³/mol. The molecule has 1 aliphatic heterocycles. The number of hydrogen-bond donors (Lipinski definition) is 1. The summed E-state index contributed by atoms with van der Waals surface area (Å²) in [4.78, 5) is 15.1. The summed E-state index contributed by atoms with van der Waals surface area (Å²) in [7, 11) is 0. The van der Waals surface area contributed by atoms with Crippen LogP contribution in [0.4, 0.5) is 11.6 Å². The Bertz CT molecular complexity index is 1060. The van der Waals surface area contributed by atoms with Crippen LogP contribution in [0.15, 0.2) is 53.7 Å². The molecule has 3 aromatic rings. The minimum absolute atomic E-state index is 0.0501. The molecule has 4 rings (SSSR count). The van der Waals surface area contributed by atoms with Crippen LogP contribution in [0.3, 0.4) is 0 Å².